The average Bonchev–Trinajstić information content (AvgIpc) is 3.74. The van der Waals surface area contributed by atoms with Crippen molar-refractivity contribution in [2.75, 3.05) is 23.5 Å². The summed E-state index contributed by atoms with van der Waals surface area (Å²) >= 11 is 0. The normalized spacial score (nSPS) is 13.7. The number of anilines is 3. The molecule has 1 aliphatic carbocycles. The maximum Gasteiger partial charge on any atom is 0.403 e. The van der Waals surface area contributed by atoms with Crippen LogP contribution in [0.4, 0.5) is 30.4 Å². The van der Waals surface area contributed by atoms with Gasteiger partial charge in [-0.15, -0.1) is 0 Å². The summed E-state index contributed by atoms with van der Waals surface area (Å²) in [5.74, 6) is -1.21. The number of halogens is 3. The Bertz CT molecular complexity index is 1800. The fraction of sp³-hybridized carbons (Fsp3) is 0.200. The average molecular weight is 575 g/mol. The highest BCUT2D eigenvalue weighted by atomic mass is 19.4. The molecule has 1 fully saturated rings. The molecule has 1 saturated carbocycles. The van der Waals surface area contributed by atoms with Crippen molar-refractivity contribution in [3.05, 3.63) is 66.9 Å². The number of fused-ring (bicyclic) bond motifs is 1. The smallest absolute Gasteiger partial charge is 0.403 e. The van der Waals surface area contributed by atoms with E-state index in [0.717, 1.165) is 6.08 Å². The van der Waals surface area contributed by atoms with Gasteiger partial charge >= 0.3 is 6.18 Å². The van der Waals surface area contributed by atoms with E-state index in [1.165, 1.54) is 19.4 Å². The maximum atomic E-state index is 13.5. The number of carbonyl (C=O) groups is 2. The summed E-state index contributed by atoms with van der Waals surface area (Å²) in [5, 5.41) is 15.4. The third-order valence-corrected chi connectivity index (χ3v) is 7.44. The number of nitrogen functional groups attached to an aromatic ring is 1. The number of aryl methyl sites for hydroxylation is 1. The predicted octanol–water partition coefficient (Wildman–Crippen LogP) is 5.78. The quantitative estimate of drug-likeness (QED) is 0.240. The van der Waals surface area contributed by atoms with Crippen LogP contribution in [0.3, 0.4) is 0 Å². The van der Waals surface area contributed by atoms with Crippen LogP contribution in [-0.2, 0) is 16.6 Å². The standard InChI is InChI=1S/C30H25F3N6O3/c1-4-22(40)37-19-8-5-16(6-9-19)25-23(24-26(39(25)2)18(14-34)15-36-27(24)35)17-7-10-20(21(13-17)42-3)38-28(41)29(11-12-29)30(31,32)33/h4-10,13,15H,1,11-12H2,2-3H3,(H2,35,36)(H,37,40)(H,38,41). The van der Waals surface area contributed by atoms with E-state index < -0.39 is 17.5 Å². The molecule has 1 aliphatic rings. The van der Waals surface area contributed by atoms with E-state index in [9.17, 15) is 28.0 Å². The van der Waals surface area contributed by atoms with Crippen LogP contribution in [-0.4, -0.2) is 34.7 Å². The molecule has 0 aliphatic heterocycles. The van der Waals surface area contributed by atoms with Crippen LogP contribution in [0, 0.1) is 16.7 Å². The first-order chi connectivity index (χ1) is 20.0. The Hall–Kier alpha value is -5.31. The minimum atomic E-state index is -4.66. The Balaban J connectivity index is 1.66. The van der Waals surface area contributed by atoms with Gasteiger partial charge in [-0.05, 0) is 54.3 Å². The number of aromatic nitrogens is 2. The van der Waals surface area contributed by atoms with Crippen LogP contribution in [0.1, 0.15) is 18.4 Å². The van der Waals surface area contributed by atoms with Crippen molar-refractivity contribution in [3.63, 3.8) is 0 Å². The number of hydrogen-bond donors (Lipinski definition) is 3. The molecule has 0 spiro atoms. The van der Waals surface area contributed by atoms with Gasteiger partial charge in [-0.2, -0.15) is 18.4 Å². The number of methoxy groups -OCH3 is 1. The molecule has 0 bridgehead atoms. The van der Waals surface area contributed by atoms with Gasteiger partial charge in [-0.3, -0.25) is 9.59 Å². The molecule has 2 heterocycles. The Morgan fingerprint density at radius 2 is 1.83 bits per heavy atom. The summed E-state index contributed by atoms with van der Waals surface area (Å²) in [7, 11) is 3.11. The number of nitriles is 1. The molecule has 42 heavy (non-hydrogen) atoms. The van der Waals surface area contributed by atoms with Crippen molar-refractivity contribution in [1.29, 1.82) is 5.26 Å². The Morgan fingerprint density at radius 3 is 2.40 bits per heavy atom. The van der Waals surface area contributed by atoms with Gasteiger partial charge in [-0.25, -0.2) is 4.98 Å². The van der Waals surface area contributed by atoms with Crippen molar-refractivity contribution in [3.8, 4) is 34.2 Å². The van der Waals surface area contributed by atoms with Crippen LogP contribution in [0.2, 0.25) is 0 Å². The summed E-state index contributed by atoms with van der Waals surface area (Å²) < 4.78 is 47.8. The summed E-state index contributed by atoms with van der Waals surface area (Å²) in [4.78, 5) is 28.6. The van der Waals surface area contributed by atoms with E-state index in [-0.39, 0.29) is 41.6 Å². The van der Waals surface area contributed by atoms with E-state index >= 15 is 0 Å². The lowest BCUT2D eigenvalue weighted by molar-refractivity contribution is -0.189. The molecule has 4 aromatic rings. The third kappa shape index (κ3) is 4.58. The number of nitrogens with two attached hydrogens (primary N) is 1. The highest BCUT2D eigenvalue weighted by molar-refractivity contribution is 6.11. The summed E-state index contributed by atoms with van der Waals surface area (Å²) in [6.45, 7) is 3.45. The molecule has 9 nitrogen and oxygen atoms in total. The number of nitrogens with one attached hydrogen (secondary N) is 2. The molecule has 5 rings (SSSR count). The monoisotopic (exact) mass is 574 g/mol. The molecule has 0 unspecified atom stereocenters. The zero-order chi connectivity index (χ0) is 30.4. The number of amides is 2. The molecule has 12 heteroatoms. The SMILES string of the molecule is C=CC(=O)Nc1ccc(-c2c(-c3ccc(NC(=O)C4(C(F)(F)F)CC4)c(OC)c3)c3c(N)ncc(C#N)c3n2C)cc1. The molecule has 2 amide bonds. The Kier molecular flexibility index (Phi) is 6.90. The highest BCUT2D eigenvalue weighted by Gasteiger charge is 2.68. The second-order valence-corrected chi connectivity index (χ2v) is 9.89. The molecule has 0 radical (unpaired) electrons. The molecular weight excluding hydrogens is 549 g/mol. The molecule has 2 aromatic heterocycles. The minimum Gasteiger partial charge on any atom is -0.495 e. The van der Waals surface area contributed by atoms with E-state index in [2.05, 4.69) is 28.3 Å². The second-order valence-electron chi connectivity index (χ2n) is 9.89. The second kappa shape index (κ2) is 10.3. The first-order valence-corrected chi connectivity index (χ1v) is 12.7. The molecular formula is C30H25F3N6O3. The third-order valence-electron chi connectivity index (χ3n) is 7.44. The first kappa shape index (κ1) is 28.2. The van der Waals surface area contributed by atoms with Gasteiger partial charge in [0, 0.05) is 24.5 Å². The van der Waals surface area contributed by atoms with Crippen LogP contribution >= 0.6 is 0 Å². The van der Waals surface area contributed by atoms with Crippen LogP contribution in [0.5, 0.6) is 5.75 Å². The maximum absolute atomic E-state index is 13.5. The molecule has 0 saturated heterocycles. The lowest BCUT2D eigenvalue weighted by atomic mass is 9.97. The number of nitrogens with zero attached hydrogens (tertiary/aromatic N) is 3. The van der Waals surface area contributed by atoms with Crippen molar-refractivity contribution in [1.82, 2.24) is 9.55 Å². The van der Waals surface area contributed by atoms with E-state index in [0.29, 0.717) is 39.0 Å². The lowest BCUT2D eigenvalue weighted by Crippen LogP contribution is -2.37. The minimum absolute atomic E-state index is 0.0784. The Morgan fingerprint density at radius 1 is 1.17 bits per heavy atom. The van der Waals surface area contributed by atoms with Crippen LogP contribution in [0.25, 0.3) is 33.3 Å². The number of benzene rings is 2. The predicted molar refractivity (Wildman–Crippen MR) is 152 cm³/mol. The Labute approximate surface area is 238 Å². The van der Waals surface area contributed by atoms with Crippen molar-refractivity contribution in [2.24, 2.45) is 12.5 Å². The number of carbonyl (C=O) groups excluding carboxylic acids is 2. The van der Waals surface area contributed by atoms with E-state index in [1.54, 1.807) is 48.0 Å². The number of hydrogen-bond acceptors (Lipinski definition) is 6. The topological polar surface area (TPSA) is 135 Å². The van der Waals surface area contributed by atoms with Crippen LogP contribution < -0.4 is 21.1 Å². The van der Waals surface area contributed by atoms with Crippen molar-refractivity contribution < 1.29 is 27.5 Å². The van der Waals surface area contributed by atoms with Crippen molar-refractivity contribution in [2.45, 2.75) is 19.0 Å². The zero-order valence-electron chi connectivity index (χ0n) is 22.6. The summed E-state index contributed by atoms with van der Waals surface area (Å²) in [5.41, 5.74) is 7.87. The van der Waals surface area contributed by atoms with Crippen molar-refractivity contribution >= 4 is 39.9 Å². The van der Waals surface area contributed by atoms with Gasteiger partial charge in [0.25, 0.3) is 0 Å². The fourth-order valence-electron chi connectivity index (χ4n) is 5.07. The lowest BCUT2D eigenvalue weighted by Gasteiger charge is -2.20. The molecule has 4 N–H and O–H groups in total. The van der Waals surface area contributed by atoms with Gasteiger partial charge in [0.05, 0.1) is 35.0 Å². The van der Waals surface area contributed by atoms with E-state index in [4.69, 9.17) is 10.5 Å². The fourth-order valence-corrected chi connectivity index (χ4v) is 5.07. The highest BCUT2D eigenvalue weighted by Crippen LogP contribution is 2.58. The van der Waals surface area contributed by atoms with Crippen LogP contribution in [0.15, 0.2) is 61.3 Å². The largest absolute Gasteiger partial charge is 0.495 e. The number of pyridine rings is 1. The van der Waals surface area contributed by atoms with Gasteiger partial charge in [0.1, 0.15) is 23.1 Å². The number of alkyl halides is 3. The first-order valence-electron chi connectivity index (χ1n) is 12.7. The van der Waals surface area contributed by atoms with Gasteiger partial charge in [-0.1, -0.05) is 24.8 Å². The summed E-state index contributed by atoms with van der Waals surface area (Å²) in [6.07, 6.45) is -2.67. The van der Waals surface area contributed by atoms with E-state index in [1.807, 2.05) is 0 Å². The van der Waals surface area contributed by atoms with Gasteiger partial charge in [0.2, 0.25) is 11.8 Å². The number of rotatable bonds is 7. The number of ether oxygens (including phenoxy) is 1. The zero-order valence-corrected chi connectivity index (χ0v) is 22.6. The molecule has 0 atom stereocenters. The van der Waals surface area contributed by atoms with Gasteiger partial charge in [0.15, 0.2) is 0 Å². The molecule has 214 valence electrons. The summed E-state index contributed by atoms with van der Waals surface area (Å²) in [6, 6.07) is 13.8. The van der Waals surface area contributed by atoms with Gasteiger partial charge < -0.3 is 25.7 Å². The molecule has 2 aromatic carbocycles.